The number of hydrogen-bond donors (Lipinski definition) is 0. The Bertz CT molecular complexity index is 724. The first-order valence-electron chi connectivity index (χ1n) is 10.5. The van der Waals surface area contributed by atoms with Crippen molar-refractivity contribution in [2.24, 2.45) is 0 Å². The van der Waals surface area contributed by atoms with E-state index in [0.717, 1.165) is 50.9 Å². The van der Waals surface area contributed by atoms with Gasteiger partial charge in [-0.15, -0.1) is 0 Å². The second-order valence-electron chi connectivity index (χ2n) is 7.71. The van der Waals surface area contributed by atoms with E-state index >= 15 is 0 Å². The lowest BCUT2D eigenvalue weighted by Gasteiger charge is -2.39. The second kappa shape index (κ2) is 10.4. The van der Waals surface area contributed by atoms with E-state index in [1.54, 1.807) is 12.1 Å². The van der Waals surface area contributed by atoms with Crippen molar-refractivity contribution in [3.63, 3.8) is 0 Å². The van der Waals surface area contributed by atoms with Crippen molar-refractivity contribution in [3.8, 4) is 0 Å². The van der Waals surface area contributed by atoms with E-state index in [9.17, 15) is 9.18 Å². The molecule has 0 aromatic heterocycles. The molecule has 2 aromatic carbocycles. The van der Waals surface area contributed by atoms with Crippen LogP contribution in [0.5, 0.6) is 0 Å². The zero-order chi connectivity index (χ0) is 19.8. The third kappa shape index (κ3) is 5.90. The Morgan fingerprint density at radius 1 is 1.04 bits per heavy atom. The third-order valence-electron chi connectivity index (χ3n) is 5.61. The molecule has 150 valence electrons. The number of halogens is 1. The summed E-state index contributed by atoms with van der Waals surface area (Å²) in [5, 5.41) is 0. The van der Waals surface area contributed by atoms with Gasteiger partial charge in [-0.3, -0.25) is 4.79 Å². The van der Waals surface area contributed by atoms with Gasteiger partial charge < -0.3 is 9.80 Å². The molecule has 0 aliphatic carbocycles. The highest BCUT2D eigenvalue weighted by Gasteiger charge is 2.27. The van der Waals surface area contributed by atoms with Crippen LogP contribution in [0.2, 0.25) is 0 Å². The summed E-state index contributed by atoms with van der Waals surface area (Å²) in [5.41, 5.74) is 2.37. The predicted octanol–water partition coefficient (Wildman–Crippen LogP) is 4.66. The molecule has 0 spiro atoms. The number of piperidine rings is 1. The minimum absolute atomic E-state index is 0.217. The lowest BCUT2D eigenvalue weighted by molar-refractivity contribution is -0.135. The Hall–Kier alpha value is -2.20. The van der Waals surface area contributed by atoms with Crippen LogP contribution >= 0.6 is 0 Å². The Balaban J connectivity index is 1.55. The first-order valence-corrected chi connectivity index (χ1v) is 10.5. The first-order chi connectivity index (χ1) is 13.7. The molecule has 4 heteroatoms. The molecule has 2 aromatic rings. The number of carbonyl (C=O) groups excluding carboxylic acids is 1. The molecule has 1 heterocycles. The van der Waals surface area contributed by atoms with Gasteiger partial charge in [0.25, 0.3) is 0 Å². The SMILES string of the molecule is CCCC(=O)N(Cc1ccc(F)cc1)C1CCN(CCc2ccccc2)CC1. The van der Waals surface area contributed by atoms with Crippen LogP contribution in [0, 0.1) is 5.82 Å². The number of amides is 1. The van der Waals surface area contributed by atoms with Gasteiger partial charge in [-0.25, -0.2) is 4.39 Å². The van der Waals surface area contributed by atoms with Crippen LogP contribution in [0.25, 0.3) is 0 Å². The van der Waals surface area contributed by atoms with Gasteiger partial charge in [-0.1, -0.05) is 49.4 Å². The fourth-order valence-corrected chi connectivity index (χ4v) is 3.95. The molecule has 1 aliphatic rings. The van der Waals surface area contributed by atoms with Gasteiger partial charge >= 0.3 is 0 Å². The van der Waals surface area contributed by atoms with Crippen LogP contribution in [-0.4, -0.2) is 41.4 Å². The van der Waals surface area contributed by atoms with Gasteiger partial charge in [0, 0.05) is 38.6 Å². The monoisotopic (exact) mass is 382 g/mol. The molecule has 1 fully saturated rings. The number of rotatable bonds is 8. The van der Waals surface area contributed by atoms with E-state index in [-0.39, 0.29) is 17.8 Å². The van der Waals surface area contributed by atoms with Crippen molar-refractivity contribution in [1.82, 2.24) is 9.80 Å². The summed E-state index contributed by atoms with van der Waals surface area (Å²) in [6.45, 7) is 5.74. The molecule has 1 amide bonds. The van der Waals surface area contributed by atoms with Crippen LogP contribution in [0.1, 0.15) is 43.7 Å². The fourth-order valence-electron chi connectivity index (χ4n) is 3.95. The van der Waals surface area contributed by atoms with Gasteiger partial charge in [0.1, 0.15) is 5.82 Å². The highest BCUT2D eigenvalue weighted by molar-refractivity contribution is 5.76. The molecule has 0 radical (unpaired) electrons. The highest BCUT2D eigenvalue weighted by Crippen LogP contribution is 2.21. The number of benzene rings is 2. The molecule has 0 saturated carbocycles. The molecule has 3 nitrogen and oxygen atoms in total. The van der Waals surface area contributed by atoms with E-state index in [4.69, 9.17) is 0 Å². The van der Waals surface area contributed by atoms with Gasteiger partial charge in [0.15, 0.2) is 0 Å². The zero-order valence-electron chi connectivity index (χ0n) is 16.8. The Morgan fingerprint density at radius 3 is 2.36 bits per heavy atom. The largest absolute Gasteiger partial charge is 0.335 e. The normalized spacial score (nSPS) is 15.5. The van der Waals surface area contributed by atoms with Crippen molar-refractivity contribution in [1.29, 1.82) is 0 Å². The molecule has 0 unspecified atom stereocenters. The molecule has 0 N–H and O–H groups in total. The lowest BCUT2D eigenvalue weighted by atomic mass is 10.0. The van der Waals surface area contributed by atoms with E-state index in [1.165, 1.54) is 17.7 Å². The van der Waals surface area contributed by atoms with E-state index in [0.29, 0.717) is 13.0 Å². The van der Waals surface area contributed by atoms with Crippen molar-refractivity contribution >= 4 is 5.91 Å². The predicted molar refractivity (Wildman–Crippen MR) is 111 cm³/mol. The highest BCUT2D eigenvalue weighted by atomic mass is 19.1. The number of nitrogens with zero attached hydrogens (tertiary/aromatic N) is 2. The average Bonchev–Trinajstić information content (AvgIpc) is 2.73. The summed E-state index contributed by atoms with van der Waals surface area (Å²) in [4.78, 5) is 17.3. The average molecular weight is 383 g/mol. The van der Waals surface area contributed by atoms with Crippen LogP contribution in [0.15, 0.2) is 54.6 Å². The third-order valence-corrected chi connectivity index (χ3v) is 5.61. The molecule has 1 saturated heterocycles. The summed E-state index contributed by atoms with van der Waals surface area (Å²) in [5.74, 6) is -0.0172. The smallest absolute Gasteiger partial charge is 0.223 e. The lowest BCUT2D eigenvalue weighted by Crippen LogP contribution is -2.47. The van der Waals surface area contributed by atoms with Crippen molar-refractivity contribution in [2.45, 2.75) is 51.6 Å². The summed E-state index contributed by atoms with van der Waals surface area (Å²) >= 11 is 0. The quantitative estimate of drug-likeness (QED) is 0.663. The minimum atomic E-state index is -0.234. The van der Waals surface area contributed by atoms with Gasteiger partial charge in [0.05, 0.1) is 0 Å². The number of hydrogen-bond acceptors (Lipinski definition) is 2. The zero-order valence-corrected chi connectivity index (χ0v) is 16.8. The molecule has 0 bridgehead atoms. The van der Waals surface area contributed by atoms with Crippen molar-refractivity contribution in [3.05, 3.63) is 71.5 Å². The van der Waals surface area contributed by atoms with E-state index < -0.39 is 0 Å². The fraction of sp³-hybridized carbons (Fsp3) is 0.458. The number of likely N-dealkylation sites (tertiary alicyclic amines) is 1. The van der Waals surface area contributed by atoms with Gasteiger partial charge in [-0.05, 0) is 48.9 Å². The Kier molecular flexibility index (Phi) is 7.61. The van der Waals surface area contributed by atoms with E-state index in [1.807, 2.05) is 11.8 Å². The van der Waals surface area contributed by atoms with Gasteiger partial charge in [-0.2, -0.15) is 0 Å². The molecule has 28 heavy (non-hydrogen) atoms. The Labute approximate surface area is 168 Å². The van der Waals surface area contributed by atoms with Crippen LogP contribution in [0.3, 0.4) is 0 Å². The minimum Gasteiger partial charge on any atom is -0.335 e. The maximum Gasteiger partial charge on any atom is 0.223 e. The second-order valence-corrected chi connectivity index (χ2v) is 7.71. The van der Waals surface area contributed by atoms with E-state index in [2.05, 4.69) is 35.2 Å². The summed E-state index contributed by atoms with van der Waals surface area (Å²) in [6, 6.07) is 17.4. The molecule has 0 atom stereocenters. The van der Waals surface area contributed by atoms with Crippen molar-refractivity contribution < 1.29 is 9.18 Å². The van der Waals surface area contributed by atoms with Gasteiger partial charge in [0.2, 0.25) is 5.91 Å². The molecular weight excluding hydrogens is 351 g/mol. The maximum absolute atomic E-state index is 13.2. The summed E-state index contributed by atoms with van der Waals surface area (Å²) < 4.78 is 13.2. The Morgan fingerprint density at radius 2 is 1.71 bits per heavy atom. The van der Waals surface area contributed by atoms with Crippen LogP contribution in [-0.2, 0) is 17.8 Å². The standard InChI is InChI=1S/C24H31FN2O/c1-2-6-24(28)27(19-21-9-11-22(25)12-10-21)23-14-17-26(18-15-23)16-13-20-7-4-3-5-8-20/h3-5,7-12,23H,2,6,13-19H2,1H3. The number of carbonyl (C=O) groups is 1. The topological polar surface area (TPSA) is 23.6 Å². The summed E-state index contributed by atoms with van der Waals surface area (Å²) in [6.07, 6.45) is 4.51. The molecule has 3 rings (SSSR count). The van der Waals surface area contributed by atoms with Crippen LogP contribution < -0.4 is 0 Å². The molecule has 1 aliphatic heterocycles. The first kappa shape index (κ1) is 20.5. The maximum atomic E-state index is 13.2. The van der Waals surface area contributed by atoms with Crippen molar-refractivity contribution in [2.75, 3.05) is 19.6 Å². The summed E-state index contributed by atoms with van der Waals surface area (Å²) in [7, 11) is 0. The van der Waals surface area contributed by atoms with Crippen LogP contribution in [0.4, 0.5) is 4.39 Å². The molecular formula is C24H31FN2O.